The number of aliphatic hydroxyl groups excluding tert-OH is 1. The molecule has 0 aliphatic carbocycles. The Bertz CT molecular complexity index is 371. The van der Waals surface area contributed by atoms with Gasteiger partial charge in [-0.15, -0.1) is 0 Å². The number of benzene rings is 1. The van der Waals surface area contributed by atoms with Gasteiger partial charge in [0.2, 0.25) is 0 Å². The van der Waals surface area contributed by atoms with E-state index in [0.29, 0.717) is 12.0 Å². The highest BCUT2D eigenvalue weighted by atomic mass is 16.3. The smallest absolute Gasteiger partial charge is 0.0917 e. The van der Waals surface area contributed by atoms with Crippen LogP contribution in [0.2, 0.25) is 0 Å². The van der Waals surface area contributed by atoms with Crippen molar-refractivity contribution in [3.63, 3.8) is 0 Å². The van der Waals surface area contributed by atoms with E-state index in [-0.39, 0.29) is 6.10 Å². The zero-order chi connectivity index (χ0) is 13.1. The average molecular weight is 247 g/mol. The molecule has 1 aromatic carbocycles. The molecule has 1 heterocycles. The molecule has 0 bridgehead atoms. The molecule has 2 rings (SSSR count). The second kappa shape index (κ2) is 5.85. The van der Waals surface area contributed by atoms with E-state index < -0.39 is 0 Å². The molecule has 1 N–H and O–H groups in total. The number of aliphatic hydroxyl groups is 1. The monoisotopic (exact) mass is 247 g/mol. The molecular formula is C16H25NO. The predicted molar refractivity (Wildman–Crippen MR) is 75.6 cm³/mol. The topological polar surface area (TPSA) is 23.5 Å². The van der Waals surface area contributed by atoms with Crippen LogP contribution in [0.15, 0.2) is 24.3 Å². The summed E-state index contributed by atoms with van der Waals surface area (Å²) in [6.45, 7) is 8.53. The molecule has 0 amide bonds. The van der Waals surface area contributed by atoms with Crippen LogP contribution >= 0.6 is 0 Å². The van der Waals surface area contributed by atoms with Crippen LogP contribution < -0.4 is 0 Å². The molecule has 1 aliphatic rings. The minimum Gasteiger partial charge on any atom is -0.387 e. The highest BCUT2D eigenvalue weighted by molar-refractivity contribution is 5.23. The zero-order valence-corrected chi connectivity index (χ0v) is 11.8. The molecule has 0 spiro atoms. The van der Waals surface area contributed by atoms with Crippen LogP contribution in [0.1, 0.15) is 43.9 Å². The first-order chi connectivity index (χ1) is 8.58. The summed E-state index contributed by atoms with van der Waals surface area (Å²) in [6, 6.07) is 8.87. The summed E-state index contributed by atoms with van der Waals surface area (Å²) in [7, 11) is 0. The molecule has 2 unspecified atom stereocenters. The highest BCUT2D eigenvalue weighted by Gasteiger charge is 2.28. The molecule has 18 heavy (non-hydrogen) atoms. The minimum absolute atomic E-state index is 0.357. The first-order valence-corrected chi connectivity index (χ1v) is 7.06. The molecule has 1 fully saturated rings. The number of aryl methyl sites for hydroxylation is 1. The van der Waals surface area contributed by atoms with Crippen LogP contribution in [0, 0.1) is 12.8 Å². The summed E-state index contributed by atoms with van der Waals surface area (Å²) in [4.78, 5) is 2.45. The summed E-state index contributed by atoms with van der Waals surface area (Å²) in [6.07, 6.45) is 2.19. The van der Waals surface area contributed by atoms with Gasteiger partial charge in [0.25, 0.3) is 0 Å². The SMILES string of the molecule is Cc1ccc(C(O)CN2CCCC2C(C)C)cc1. The maximum atomic E-state index is 10.3. The van der Waals surface area contributed by atoms with Gasteiger partial charge < -0.3 is 5.11 Å². The lowest BCUT2D eigenvalue weighted by molar-refractivity contribution is 0.0939. The lowest BCUT2D eigenvalue weighted by Gasteiger charge is -2.29. The molecule has 0 aromatic heterocycles. The summed E-state index contributed by atoms with van der Waals surface area (Å²) in [5, 5.41) is 10.3. The van der Waals surface area contributed by atoms with E-state index >= 15 is 0 Å². The van der Waals surface area contributed by atoms with E-state index in [9.17, 15) is 5.11 Å². The van der Waals surface area contributed by atoms with E-state index in [0.717, 1.165) is 18.7 Å². The maximum Gasteiger partial charge on any atom is 0.0917 e. The lowest BCUT2D eigenvalue weighted by atomic mass is 10.0. The molecule has 1 aliphatic heterocycles. The van der Waals surface area contributed by atoms with E-state index in [1.165, 1.54) is 18.4 Å². The number of β-amino-alcohol motifs (C(OH)–C–C–N with tert-alkyl or cyclic N) is 1. The van der Waals surface area contributed by atoms with E-state index in [2.05, 4.69) is 37.8 Å². The Balaban J connectivity index is 1.98. The normalized spacial score (nSPS) is 22.6. The molecular weight excluding hydrogens is 222 g/mol. The van der Waals surface area contributed by atoms with Crippen LogP contribution in [0.25, 0.3) is 0 Å². The van der Waals surface area contributed by atoms with Gasteiger partial charge >= 0.3 is 0 Å². The van der Waals surface area contributed by atoms with E-state index in [4.69, 9.17) is 0 Å². The number of hydrogen-bond acceptors (Lipinski definition) is 2. The third-order valence-electron chi connectivity index (χ3n) is 4.05. The van der Waals surface area contributed by atoms with Gasteiger partial charge in [-0.05, 0) is 37.8 Å². The van der Waals surface area contributed by atoms with Crippen molar-refractivity contribution in [2.24, 2.45) is 5.92 Å². The molecule has 0 saturated carbocycles. The number of nitrogens with zero attached hydrogens (tertiary/aromatic N) is 1. The number of likely N-dealkylation sites (tertiary alicyclic amines) is 1. The number of rotatable bonds is 4. The molecule has 100 valence electrons. The molecule has 2 atom stereocenters. The lowest BCUT2D eigenvalue weighted by Crippen LogP contribution is -2.36. The van der Waals surface area contributed by atoms with Crippen molar-refractivity contribution in [1.29, 1.82) is 0 Å². The fourth-order valence-electron chi connectivity index (χ4n) is 2.95. The molecule has 1 saturated heterocycles. The Kier molecular flexibility index (Phi) is 4.41. The van der Waals surface area contributed by atoms with Crippen molar-refractivity contribution in [3.8, 4) is 0 Å². The summed E-state index contributed by atoms with van der Waals surface area (Å²) >= 11 is 0. The Labute approximate surface area is 111 Å². The van der Waals surface area contributed by atoms with Gasteiger partial charge in [0.05, 0.1) is 6.10 Å². The second-order valence-electron chi connectivity index (χ2n) is 5.88. The van der Waals surface area contributed by atoms with E-state index in [1.54, 1.807) is 0 Å². The van der Waals surface area contributed by atoms with Gasteiger partial charge in [-0.1, -0.05) is 43.7 Å². The Hall–Kier alpha value is -0.860. The second-order valence-corrected chi connectivity index (χ2v) is 5.88. The third-order valence-corrected chi connectivity index (χ3v) is 4.05. The fraction of sp³-hybridized carbons (Fsp3) is 0.625. The first kappa shape index (κ1) is 13.6. The minimum atomic E-state index is -0.357. The summed E-state index contributed by atoms with van der Waals surface area (Å²) < 4.78 is 0. The quantitative estimate of drug-likeness (QED) is 0.883. The molecule has 2 nitrogen and oxygen atoms in total. The fourth-order valence-corrected chi connectivity index (χ4v) is 2.95. The van der Waals surface area contributed by atoms with Crippen molar-refractivity contribution in [2.75, 3.05) is 13.1 Å². The number of hydrogen-bond donors (Lipinski definition) is 1. The predicted octanol–water partition coefficient (Wildman–Crippen LogP) is 3.15. The van der Waals surface area contributed by atoms with Gasteiger partial charge in [-0.25, -0.2) is 0 Å². The highest BCUT2D eigenvalue weighted by Crippen LogP contribution is 2.26. The van der Waals surface area contributed by atoms with Crippen molar-refractivity contribution < 1.29 is 5.11 Å². The van der Waals surface area contributed by atoms with Crippen molar-refractivity contribution >= 4 is 0 Å². The van der Waals surface area contributed by atoms with Gasteiger partial charge in [0.1, 0.15) is 0 Å². The summed E-state index contributed by atoms with van der Waals surface area (Å²) in [5.74, 6) is 0.678. The standard InChI is InChI=1S/C16H25NO/c1-12(2)15-5-4-10-17(15)11-16(18)14-8-6-13(3)7-9-14/h6-9,12,15-16,18H,4-5,10-11H2,1-3H3. The molecule has 0 radical (unpaired) electrons. The maximum absolute atomic E-state index is 10.3. The van der Waals surface area contributed by atoms with Gasteiger partial charge in [0.15, 0.2) is 0 Å². The average Bonchev–Trinajstić information content (AvgIpc) is 2.78. The van der Waals surface area contributed by atoms with Gasteiger partial charge in [-0.3, -0.25) is 4.90 Å². The van der Waals surface area contributed by atoms with Crippen LogP contribution in [0.3, 0.4) is 0 Å². The summed E-state index contributed by atoms with van der Waals surface area (Å²) in [5.41, 5.74) is 2.28. The van der Waals surface area contributed by atoms with E-state index in [1.807, 2.05) is 12.1 Å². The van der Waals surface area contributed by atoms with Crippen molar-refractivity contribution in [2.45, 2.75) is 45.8 Å². The van der Waals surface area contributed by atoms with Crippen LogP contribution in [-0.4, -0.2) is 29.1 Å². The Morgan fingerprint density at radius 3 is 2.56 bits per heavy atom. The van der Waals surface area contributed by atoms with Crippen LogP contribution in [0.5, 0.6) is 0 Å². The van der Waals surface area contributed by atoms with Crippen molar-refractivity contribution in [3.05, 3.63) is 35.4 Å². The first-order valence-electron chi connectivity index (χ1n) is 7.06. The van der Waals surface area contributed by atoms with Crippen LogP contribution in [0.4, 0.5) is 0 Å². The Morgan fingerprint density at radius 2 is 1.94 bits per heavy atom. The zero-order valence-electron chi connectivity index (χ0n) is 11.8. The van der Waals surface area contributed by atoms with Gasteiger partial charge in [0, 0.05) is 12.6 Å². The van der Waals surface area contributed by atoms with Crippen molar-refractivity contribution in [1.82, 2.24) is 4.90 Å². The third kappa shape index (κ3) is 3.12. The largest absolute Gasteiger partial charge is 0.387 e. The Morgan fingerprint density at radius 1 is 1.28 bits per heavy atom. The van der Waals surface area contributed by atoms with Crippen LogP contribution in [-0.2, 0) is 0 Å². The molecule has 1 aromatic rings. The van der Waals surface area contributed by atoms with Gasteiger partial charge in [-0.2, -0.15) is 0 Å². The molecule has 2 heteroatoms.